The van der Waals surface area contributed by atoms with E-state index in [2.05, 4.69) is 54.6 Å². The molecule has 0 N–H and O–H groups in total. The van der Waals surface area contributed by atoms with Crippen molar-refractivity contribution in [3.63, 3.8) is 0 Å². The van der Waals surface area contributed by atoms with Gasteiger partial charge in [0.2, 0.25) is 5.69 Å². The minimum atomic E-state index is 0.701. The van der Waals surface area contributed by atoms with Crippen LogP contribution in [0.25, 0.3) is 26.9 Å². The molecule has 4 rings (SSSR count). The third-order valence-electron chi connectivity index (χ3n) is 5.34. The number of hydrogen-bond donors (Lipinski definition) is 0. The number of benzene rings is 2. The Labute approximate surface area is 143 Å². The van der Waals surface area contributed by atoms with Crippen LogP contribution in [0.5, 0.6) is 0 Å². The monoisotopic (exact) mass is 313 g/mol. The summed E-state index contributed by atoms with van der Waals surface area (Å²) in [7, 11) is 2.14. The van der Waals surface area contributed by atoms with Gasteiger partial charge in [-0.05, 0) is 60.4 Å². The lowest BCUT2D eigenvalue weighted by Crippen LogP contribution is -2.35. The molecule has 0 fully saturated rings. The van der Waals surface area contributed by atoms with Gasteiger partial charge in [-0.25, -0.2) is 4.85 Å². The molecule has 0 bridgehead atoms. The molecule has 1 heterocycles. The minimum Gasteiger partial charge on any atom is -0.238 e. The van der Waals surface area contributed by atoms with Crippen LogP contribution in [0.1, 0.15) is 28.8 Å². The summed E-state index contributed by atoms with van der Waals surface area (Å²) < 4.78 is 2.28. The number of rotatable bonds is 1. The number of hydrogen-bond acceptors (Lipinski definition) is 0. The summed E-state index contributed by atoms with van der Waals surface area (Å²) in [6.45, 7) is 11.6. The fourth-order valence-corrected chi connectivity index (χ4v) is 3.96. The smallest absolute Gasteiger partial charge is 0.220 e. The Morgan fingerprint density at radius 3 is 2.50 bits per heavy atom. The predicted molar refractivity (Wildman–Crippen MR) is 98.3 cm³/mol. The van der Waals surface area contributed by atoms with Crippen LogP contribution < -0.4 is 4.57 Å². The van der Waals surface area contributed by atoms with Crippen LogP contribution in [0, 0.1) is 20.4 Å². The first-order chi connectivity index (χ1) is 11.6. The lowest BCUT2D eigenvalue weighted by molar-refractivity contribution is -0.665. The Morgan fingerprint density at radius 1 is 1.00 bits per heavy atom. The highest BCUT2D eigenvalue weighted by Crippen LogP contribution is 2.34. The predicted octanol–water partition coefficient (Wildman–Crippen LogP) is 4.99. The summed E-state index contributed by atoms with van der Waals surface area (Å²) in [5, 5.41) is 2.37. The molecule has 0 unspecified atom stereocenters. The fraction of sp³-hybridized carbons (Fsp3) is 0.273. The van der Waals surface area contributed by atoms with Gasteiger partial charge in [0.05, 0.1) is 12.0 Å². The van der Waals surface area contributed by atoms with Gasteiger partial charge in [-0.2, -0.15) is 4.57 Å². The molecule has 0 amide bonds. The number of nitrogens with zero attached hydrogens (tertiary/aromatic N) is 2. The first kappa shape index (κ1) is 14.9. The molecule has 24 heavy (non-hydrogen) atoms. The van der Waals surface area contributed by atoms with Gasteiger partial charge in [-0.1, -0.05) is 18.2 Å². The van der Waals surface area contributed by atoms with Crippen LogP contribution in [0.15, 0.2) is 36.4 Å². The topological polar surface area (TPSA) is 8.24 Å². The van der Waals surface area contributed by atoms with Gasteiger partial charge in [0.15, 0.2) is 11.4 Å². The molecular formula is C22H21N2+. The Bertz CT molecular complexity index is 1020. The summed E-state index contributed by atoms with van der Waals surface area (Å²) >= 11 is 0. The number of pyridine rings is 1. The quantitative estimate of drug-likeness (QED) is 0.442. The summed E-state index contributed by atoms with van der Waals surface area (Å²) in [5.41, 5.74) is 8.85. The second-order valence-corrected chi connectivity index (χ2v) is 6.87. The zero-order chi connectivity index (χ0) is 16.8. The van der Waals surface area contributed by atoms with Crippen LogP contribution in [-0.4, -0.2) is 0 Å². The molecule has 2 nitrogen and oxygen atoms in total. The highest BCUT2D eigenvalue weighted by Gasteiger charge is 2.22. The van der Waals surface area contributed by atoms with Crippen LogP contribution in [0.2, 0.25) is 0 Å². The molecule has 2 heteroatoms. The molecule has 0 radical (unpaired) electrons. The Hall–Kier alpha value is -2.66. The van der Waals surface area contributed by atoms with Gasteiger partial charge in [0.25, 0.3) is 0 Å². The van der Waals surface area contributed by atoms with Gasteiger partial charge in [0, 0.05) is 18.6 Å². The third kappa shape index (κ3) is 2.20. The Kier molecular flexibility index (Phi) is 3.39. The van der Waals surface area contributed by atoms with E-state index in [-0.39, 0.29) is 0 Å². The fourth-order valence-electron chi connectivity index (χ4n) is 3.96. The van der Waals surface area contributed by atoms with E-state index in [4.69, 9.17) is 6.57 Å². The van der Waals surface area contributed by atoms with Crippen LogP contribution >= 0.6 is 0 Å². The first-order valence-electron chi connectivity index (χ1n) is 8.52. The molecule has 0 spiro atoms. The highest BCUT2D eigenvalue weighted by molar-refractivity contribution is 5.95. The van der Waals surface area contributed by atoms with Gasteiger partial charge >= 0.3 is 0 Å². The second-order valence-electron chi connectivity index (χ2n) is 6.87. The zero-order valence-electron chi connectivity index (χ0n) is 14.5. The molecule has 0 saturated carbocycles. The third-order valence-corrected chi connectivity index (χ3v) is 5.34. The second kappa shape index (κ2) is 5.46. The van der Waals surface area contributed by atoms with Crippen LogP contribution in [0.3, 0.4) is 0 Å². The maximum atomic E-state index is 7.27. The van der Waals surface area contributed by atoms with E-state index < -0.39 is 0 Å². The molecular weight excluding hydrogens is 292 g/mol. The van der Waals surface area contributed by atoms with Crippen LogP contribution in [0.4, 0.5) is 5.69 Å². The lowest BCUT2D eigenvalue weighted by Gasteiger charge is -2.12. The van der Waals surface area contributed by atoms with Crippen molar-refractivity contribution in [3.05, 3.63) is 70.2 Å². The van der Waals surface area contributed by atoms with E-state index in [1.807, 2.05) is 12.1 Å². The highest BCUT2D eigenvalue weighted by atomic mass is 14.9. The van der Waals surface area contributed by atoms with Crippen molar-refractivity contribution in [1.82, 2.24) is 0 Å². The van der Waals surface area contributed by atoms with Gasteiger partial charge in [-0.15, -0.1) is 0 Å². The average Bonchev–Trinajstić information content (AvgIpc) is 3.02. The Balaban J connectivity index is 2.07. The van der Waals surface area contributed by atoms with Crippen molar-refractivity contribution < 1.29 is 4.57 Å². The van der Waals surface area contributed by atoms with E-state index in [1.165, 1.54) is 58.3 Å². The number of aromatic nitrogens is 1. The lowest BCUT2D eigenvalue weighted by atomic mass is 9.95. The van der Waals surface area contributed by atoms with Crippen molar-refractivity contribution in [3.8, 4) is 11.3 Å². The van der Waals surface area contributed by atoms with E-state index in [1.54, 1.807) is 0 Å². The molecule has 0 saturated heterocycles. The summed E-state index contributed by atoms with van der Waals surface area (Å²) in [4.78, 5) is 3.58. The maximum Gasteiger partial charge on any atom is 0.220 e. The largest absolute Gasteiger partial charge is 0.238 e. The van der Waals surface area contributed by atoms with E-state index in [9.17, 15) is 0 Å². The van der Waals surface area contributed by atoms with Crippen molar-refractivity contribution in [2.45, 2.75) is 33.1 Å². The normalized spacial score (nSPS) is 13.1. The van der Waals surface area contributed by atoms with Crippen molar-refractivity contribution >= 4 is 16.5 Å². The molecule has 0 atom stereocenters. The molecule has 1 aliphatic rings. The summed E-state index contributed by atoms with van der Waals surface area (Å²) in [5.74, 6) is 0. The van der Waals surface area contributed by atoms with E-state index in [0.717, 1.165) is 5.39 Å². The van der Waals surface area contributed by atoms with Gasteiger partial charge < -0.3 is 0 Å². The van der Waals surface area contributed by atoms with Crippen LogP contribution in [-0.2, 0) is 19.9 Å². The first-order valence-corrected chi connectivity index (χ1v) is 8.52. The van der Waals surface area contributed by atoms with Crippen molar-refractivity contribution in [1.29, 1.82) is 0 Å². The molecule has 1 aliphatic carbocycles. The maximum absolute atomic E-state index is 7.27. The zero-order valence-corrected chi connectivity index (χ0v) is 14.5. The van der Waals surface area contributed by atoms with E-state index >= 15 is 0 Å². The van der Waals surface area contributed by atoms with Gasteiger partial charge in [-0.3, -0.25) is 0 Å². The summed E-state index contributed by atoms with van der Waals surface area (Å²) in [6.07, 6.45) is 3.68. The molecule has 3 aromatic rings. The SMILES string of the molecule is [C-]#[N+]c1ccc2c(-c3cc4c(cc3C)CCC4)[n+](C)c(C)cc2c1. The summed E-state index contributed by atoms with van der Waals surface area (Å²) in [6, 6.07) is 13.0. The molecule has 118 valence electrons. The molecule has 0 aliphatic heterocycles. The minimum absolute atomic E-state index is 0.701. The number of fused-ring (bicyclic) bond motifs is 2. The molecule has 1 aromatic heterocycles. The van der Waals surface area contributed by atoms with Crippen molar-refractivity contribution in [2.24, 2.45) is 7.05 Å². The van der Waals surface area contributed by atoms with Gasteiger partial charge in [0.1, 0.15) is 7.05 Å². The number of aryl methyl sites for hydroxylation is 4. The van der Waals surface area contributed by atoms with E-state index in [0.29, 0.717) is 5.69 Å². The van der Waals surface area contributed by atoms with Crippen molar-refractivity contribution in [2.75, 3.05) is 0 Å². The Morgan fingerprint density at radius 2 is 1.75 bits per heavy atom. The standard InChI is InChI=1S/C22H21N2/c1-14-10-16-6-5-7-17(16)13-21(14)22-20-9-8-19(23-3)12-18(20)11-15(2)24(22)4/h8-13H,5-7H2,1-2,4H3/q+1. The molecule has 2 aromatic carbocycles. The average molecular weight is 313 g/mol.